The van der Waals surface area contributed by atoms with Crippen LogP contribution in [0.25, 0.3) is 0 Å². The van der Waals surface area contributed by atoms with E-state index in [0.717, 1.165) is 70.2 Å². The molecule has 31 heavy (non-hydrogen) atoms. The minimum atomic E-state index is -0.253. The van der Waals surface area contributed by atoms with Gasteiger partial charge >= 0.3 is 0 Å². The molecule has 7 nitrogen and oxygen atoms in total. The van der Waals surface area contributed by atoms with E-state index in [1.165, 1.54) is 12.5 Å². The molecule has 0 saturated carbocycles. The van der Waals surface area contributed by atoms with Gasteiger partial charge in [0.25, 0.3) is 0 Å². The zero-order valence-corrected chi connectivity index (χ0v) is 18.9. The Hall–Kier alpha value is -2.19. The standard InChI is InChI=1S/C23H36FN5O2/c1-3-25-23(26-16-19-7-8-21(24)20(15-19)18-31-2)29-13-11-27(12-14-29)17-22(30)28-9-5-4-6-10-28/h7-8,15H,3-6,9-14,16-18H2,1-2H3,(H,25,26). The molecule has 1 N–H and O–H groups in total. The van der Waals surface area contributed by atoms with Gasteiger partial charge in [0.1, 0.15) is 5.82 Å². The number of hydrogen-bond donors (Lipinski definition) is 1. The molecule has 8 heteroatoms. The second kappa shape index (κ2) is 12.0. The number of likely N-dealkylation sites (tertiary alicyclic amines) is 1. The highest BCUT2D eigenvalue weighted by atomic mass is 19.1. The van der Waals surface area contributed by atoms with Crippen molar-refractivity contribution in [1.82, 2.24) is 20.0 Å². The van der Waals surface area contributed by atoms with E-state index in [1.54, 1.807) is 13.2 Å². The molecule has 0 bridgehead atoms. The molecule has 2 aliphatic rings. The molecule has 1 aromatic carbocycles. The number of halogens is 1. The van der Waals surface area contributed by atoms with Crippen LogP contribution in [0.3, 0.4) is 0 Å². The average Bonchev–Trinajstić information content (AvgIpc) is 2.80. The number of rotatable bonds is 7. The van der Waals surface area contributed by atoms with Gasteiger partial charge in [-0.1, -0.05) is 6.07 Å². The normalized spacial score (nSPS) is 18.4. The van der Waals surface area contributed by atoms with E-state index in [-0.39, 0.29) is 18.3 Å². The third kappa shape index (κ3) is 6.90. The molecule has 0 spiro atoms. The summed E-state index contributed by atoms with van der Waals surface area (Å²) in [5.41, 5.74) is 1.50. The number of nitrogens with one attached hydrogen (secondary N) is 1. The molecule has 0 aromatic heterocycles. The highest BCUT2D eigenvalue weighted by Gasteiger charge is 2.24. The summed E-state index contributed by atoms with van der Waals surface area (Å²) in [5.74, 6) is 0.871. The van der Waals surface area contributed by atoms with E-state index < -0.39 is 0 Å². The van der Waals surface area contributed by atoms with Crippen molar-refractivity contribution in [2.24, 2.45) is 4.99 Å². The molecule has 3 rings (SSSR count). The lowest BCUT2D eigenvalue weighted by atomic mass is 10.1. The smallest absolute Gasteiger partial charge is 0.236 e. The number of piperidine rings is 1. The number of guanidine groups is 1. The number of carbonyl (C=O) groups excluding carboxylic acids is 1. The summed E-state index contributed by atoms with van der Waals surface area (Å²) in [7, 11) is 1.56. The maximum absolute atomic E-state index is 13.8. The van der Waals surface area contributed by atoms with Crippen molar-refractivity contribution in [1.29, 1.82) is 0 Å². The highest BCUT2D eigenvalue weighted by molar-refractivity contribution is 5.80. The molecule has 2 heterocycles. The van der Waals surface area contributed by atoms with Gasteiger partial charge in [0.15, 0.2) is 5.96 Å². The number of piperazine rings is 1. The third-order valence-corrected chi connectivity index (χ3v) is 5.90. The van der Waals surface area contributed by atoms with E-state index in [9.17, 15) is 9.18 Å². The monoisotopic (exact) mass is 433 g/mol. The zero-order valence-electron chi connectivity index (χ0n) is 18.9. The first-order valence-corrected chi connectivity index (χ1v) is 11.4. The molecule has 1 amide bonds. The van der Waals surface area contributed by atoms with Gasteiger partial charge in [0.2, 0.25) is 5.91 Å². The molecule has 0 aliphatic carbocycles. The van der Waals surface area contributed by atoms with Gasteiger partial charge in [-0.3, -0.25) is 9.69 Å². The van der Waals surface area contributed by atoms with Crippen LogP contribution >= 0.6 is 0 Å². The minimum Gasteiger partial charge on any atom is -0.380 e. The van der Waals surface area contributed by atoms with Crippen LogP contribution in [0, 0.1) is 5.82 Å². The van der Waals surface area contributed by atoms with Crippen LogP contribution < -0.4 is 5.32 Å². The topological polar surface area (TPSA) is 60.4 Å². The second-order valence-corrected chi connectivity index (χ2v) is 8.23. The van der Waals surface area contributed by atoms with E-state index in [0.29, 0.717) is 18.7 Å². The summed E-state index contributed by atoms with van der Waals surface area (Å²) in [5, 5.41) is 3.36. The predicted octanol–water partition coefficient (Wildman–Crippen LogP) is 2.07. The Balaban J connectivity index is 1.53. The van der Waals surface area contributed by atoms with Crippen LogP contribution in [0.4, 0.5) is 4.39 Å². The van der Waals surface area contributed by atoms with Gasteiger partial charge in [0, 0.05) is 58.5 Å². The maximum atomic E-state index is 13.8. The van der Waals surface area contributed by atoms with Crippen LogP contribution in [0.15, 0.2) is 23.2 Å². The van der Waals surface area contributed by atoms with E-state index >= 15 is 0 Å². The van der Waals surface area contributed by atoms with Crippen molar-refractivity contribution in [3.63, 3.8) is 0 Å². The molecular weight excluding hydrogens is 397 g/mol. The molecule has 2 aliphatic heterocycles. The van der Waals surface area contributed by atoms with Crippen LogP contribution in [0.2, 0.25) is 0 Å². The Morgan fingerprint density at radius 1 is 1.10 bits per heavy atom. The summed E-state index contributed by atoms with van der Waals surface area (Å²) >= 11 is 0. The maximum Gasteiger partial charge on any atom is 0.236 e. The summed E-state index contributed by atoms with van der Waals surface area (Å²) in [4.78, 5) is 23.8. The lowest BCUT2D eigenvalue weighted by Gasteiger charge is -2.37. The number of benzene rings is 1. The molecule has 0 atom stereocenters. The number of hydrogen-bond acceptors (Lipinski definition) is 4. The van der Waals surface area contributed by atoms with Gasteiger partial charge < -0.3 is 19.9 Å². The number of aliphatic imine (C=N–C) groups is 1. The highest BCUT2D eigenvalue weighted by Crippen LogP contribution is 2.14. The Labute approximate surface area is 185 Å². The van der Waals surface area contributed by atoms with Crippen LogP contribution in [0.1, 0.15) is 37.3 Å². The lowest BCUT2D eigenvalue weighted by Crippen LogP contribution is -2.54. The molecule has 0 unspecified atom stereocenters. The van der Waals surface area contributed by atoms with Crippen molar-refractivity contribution in [3.05, 3.63) is 35.1 Å². The van der Waals surface area contributed by atoms with Gasteiger partial charge in [-0.2, -0.15) is 0 Å². The van der Waals surface area contributed by atoms with Crippen molar-refractivity contribution in [2.45, 2.75) is 39.3 Å². The minimum absolute atomic E-state index is 0.252. The summed E-state index contributed by atoms with van der Waals surface area (Å²) < 4.78 is 18.9. The van der Waals surface area contributed by atoms with Crippen molar-refractivity contribution in [3.8, 4) is 0 Å². The Morgan fingerprint density at radius 2 is 1.84 bits per heavy atom. The molecule has 2 fully saturated rings. The molecule has 1 aromatic rings. The Bertz CT molecular complexity index is 743. The average molecular weight is 434 g/mol. The molecule has 172 valence electrons. The van der Waals surface area contributed by atoms with Crippen LogP contribution in [0.5, 0.6) is 0 Å². The number of carbonyl (C=O) groups is 1. The number of nitrogens with zero attached hydrogens (tertiary/aromatic N) is 4. The predicted molar refractivity (Wildman–Crippen MR) is 120 cm³/mol. The van der Waals surface area contributed by atoms with Crippen molar-refractivity contribution in [2.75, 3.05) is 59.5 Å². The summed E-state index contributed by atoms with van der Waals surface area (Å²) in [6, 6.07) is 5.06. The fraction of sp³-hybridized carbons (Fsp3) is 0.652. The SMILES string of the molecule is CCNC(=NCc1ccc(F)c(COC)c1)N1CCN(CC(=O)N2CCCCC2)CC1. The third-order valence-electron chi connectivity index (χ3n) is 5.90. The molecular formula is C23H36FN5O2. The summed E-state index contributed by atoms with van der Waals surface area (Å²) in [6.45, 7) is 9.25. The first kappa shape index (κ1) is 23.5. The second-order valence-electron chi connectivity index (χ2n) is 8.23. The lowest BCUT2D eigenvalue weighted by molar-refractivity contribution is -0.133. The van der Waals surface area contributed by atoms with Crippen LogP contribution in [-0.4, -0.2) is 86.0 Å². The Kier molecular flexibility index (Phi) is 9.09. The van der Waals surface area contributed by atoms with Crippen LogP contribution in [-0.2, 0) is 22.7 Å². The summed E-state index contributed by atoms with van der Waals surface area (Å²) in [6.07, 6.45) is 3.49. The first-order valence-electron chi connectivity index (χ1n) is 11.4. The number of ether oxygens (including phenoxy) is 1. The Morgan fingerprint density at radius 3 is 2.52 bits per heavy atom. The van der Waals surface area contributed by atoms with E-state index in [2.05, 4.69) is 22.0 Å². The fourth-order valence-corrected chi connectivity index (χ4v) is 4.14. The molecule has 0 radical (unpaired) electrons. The van der Waals surface area contributed by atoms with E-state index in [4.69, 9.17) is 9.73 Å². The van der Waals surface area contributed by atoms with Gasteiger partial charge in [-0.25, -0.2) is 9.38 Å². The van der Waals surface area contributed by atoms with Gasteiger partial charge in [0.05, 0.1) is 19.7 Å². The van der Waals surface area contributed by atoms with Crippen molar-refractivity contribution >= 4 is 11.9 Å². The van der Waals surface area contributed by atoms with Crippen molar-refractivity contribution < 1.29 is 13.9 Å². The molecule has 2 saturated heterocycles. The number of amides is 1. The fourth-order valence-electron chi connectivity index (χ4n) is 4.14. The number of methoxy groups -OCH3 is 1. The van der Waals surface area contributed by atoms with Gasteiger partial charge in [-0.05, 0) is 43.9 Å². The largest absolute Gasteiger partial charge is 0.380 e. The van der Waals surface area contributed by atoms with Gasteiger partial charge in [-0.15, -0.1) is 0 Å². The van der Waals surface area contributed by atoms with E-state index in [1.807, 2.05) is 11.0 Å². The zero-order chi connectivity index (χ0) is 22.1. The first-order chi connectivity index (χ1) is 15.1. The quantitative estimate of drug-likeness (QED) is 0.527.